The SMILES string of the molecule is COC(=O)CCN(CCOCCO)C(=O)CCC1CCCCC1. The second-order valence-electron chi connectivity index (χ2n) is 6.09. The molecule has 1 aliphatic carbocycles. The van der Waals surface area contributed by atoms with Crippen LogP contribution in [0.2, 0.25) is 0 Å². The molecule has 1 rings (SSSR count). The summed E-state index contributed by atoms with van der Waals surface area (Å²) in [7, 11) is 1.35. The molecule has 0 unspecified atom stereocenters. The van der Waals surface area contributed by atoms with E-state index in [-0.39, 0.29) is 31.5 Å². The molecule has 0 saturated heterocycles. The van der Waals surface area contributed by atoms with Crippen molar-refractivity contribution >= 4 is 11.9 Å². The molecule has 1 aliphatic rings. The van der Waals surface area contributed by atoms with Crippen LogP contribution < -0.4 is 0 Å². The fraction of sp³-hybridized carbons (Fsp3) is 0.882. The van der Waals surface area contributed by atoms with Crippen LogP contribution in [0.15, 0.2) is 0 Å². The van der Waals surface area contributed by atoms with Gasteiger partial charge in [-0.15, -0.1) is 0 Å². The van der Waals surface area contributed by atoms with Gasteiger partial charge in [-0.1, -0.05) is 32.1 Å². The molecule has 6 nitrogen and oxygen atoms in total. The molecule has 0 aromatic heterocycles. The van der Waals surface area contributed by atoms with Crippen LogP contribution in [-0.2, 0) is 19.1 Å². The average Bonchev–Trinajstić information content (AvgIpc) is 2.59. The van der Waals surface area contributed by atoms with E-state index in [0.29, 0.717) is 32.0 Å². The van der Waals surface area contributed by atoms with Crippen molar-refractivity contribution in [2.45, 2.75) is 51.4 Å². The summed E-state index contributed by atoms with van der Waals surface area (Å²) in [6.07, 6.45) is 8.00. The van der Waals surface area contributed by atoms with Crippen molar-refractivity contribution in [2.75, 3.05) is 40.0 Å². The monoisotopic (exact) mass is 329 g/mol. The maximum atomic E-state index is 12.4. The maximum Gasteiger partial charge on any atom is 0.307 e. The number of aliphatic hydroxyl groups excluding tert-OH is 1. The summed E-state index contributed by atoms with van der Waals surface area (Å²) in [5, 5.41) is 8.71. The lowest BCUT2D eigenvalue weighted by molar-refractivity contribution is -0.142. The van der Waals surface area contributed by atoms with Gasteiger partial charge in [0.25, 0.3) is 0 Å². The van der Waals surface area contributed by atoms with Gasteiger partial charge >= 0.3 is 5.97 Å². The number of rotatable bonds is 11. The van der Waals surface area contributed by atoms with Gasteiger partial charge in [0.2, 0.25) is 5.91 Å². The number of methoxy groups -OCH3 is 1. The summed E-state index contributed by atoms with van der Waals surface area (Å²) >= 11 is 0. The first-order valence-electron chi connectivity index (χ1n) is 8.70. The van der Waals surface area contributed by atoms with Crippen LogP contribution in [0.1, 0.15) is 51.4 Å². The number of ether oxygens (including phenoxy) is 2. The summed E-state index contributed by atoms with van der Waals surface area (Å²) in [6, 6.07) is 0. The Balaban J connectivity index is 2.36. The fourth-order valence-electron chi connectivity index (χ4n) is 2.99. The van der Waals surface area contributed by atoms with Crippen molar-refractivity contribution in [1.82, 2.24) is 4.90 Å². The molecule has 1 amide bonds. The zero-order valence-electron chi connectivity index (χ0n) is 14.3. The van der Waals surface area contributed by atoms with Gasteiger partial charge in [0.1, 0.15) is 0 Å². The number of esters is 1. The number of hydrogen-bond donors (Lipinski definition) is 1. The summed E-state index contributed by atoms with van der Waals surface area (Å²) in [5.74, 6) is 0.430. The van der Waals surface area contributed by atoms with E-state index in [0.717, 1.165) is 6.42 Å². The van der Waals surface area contributed by atoms with Crippen molar-refractivity contribution in [2.24, 2.45) is 5.92 Å². The number of amides is 1. The summed E-state index contributed by atoms with van der Waals surface area (Å²) in [4.78, 5) is 25.4. The first kappa shape index (κ1) is 19.9. The van der Waals surface area contributed by atoms with Crippen LogP contribution in [0.3, 0.4) is 0 Å². The van der Waals surface area contributed by atoms with Crippen LogP contribution in [0, 0.1) is 5.92 Å². The quantitative estimate of drug-likeness (QED) is 0.462. The third-order valence-electron chi connectivity index (χ3n) is 4.40. The van der Waals surface area contributed by atoms with Crippen molar-refractivity contribution in [3.63, 3.8) is 0 Å². The van der Waals surface area contributed by atoms with E-state index >= 15 is 0 Å². The van der Waals surface area contributed by atoms with Crippen LogP contribution in [0.5, 0.6) is 0 Å². The molecule has 0 spiro atoms. The van der Waals surface area contributed by atoms with Gasteiger partial charge in [-0.2, -0.15) is 0 Å². The predicted octanol–water partition coefficient (Wildman–Crippen LogP) is 1.75. The summed E-state index contributed by atoms with van der Waals surface area (Å²) in [5.41, 5.74) is 0. The van der Waals surface area contributed by atoms with Crippen LogP contribution >= 0.6 is 0 Å². The molecule has 0 bridgehead atoms. The second kappa shape index (κ2) is 12.3. The normalized spacial score (nSPS) is 15.4. The predicted molar refractivity (Wildman–Crippen MR) is 86.9 cm³/mol. The van der Waals surface area contributed by atoms with E-state index in [1.54, 1.807) is 4.90 Å². The van der Waals surface area contributed by atoms with E-state index in [4.69, 9.17) is 9.84 Å². The van der Waals surface area contributed by atoms with Gasteiger partial charge in [0.05, 0.1) is 33.4 Å². The molecule has 0 aromatic carbocycles. The summed E-state index contributed by atoms with van der Waals surface area (Å²) < 4.78 is 9.87. The number of aliphatic hydroxyl groups is 1. The number of carbonyl (C=O) groups excluding carboxylic acids is 2. The molecule has 0 aliphatic heterocycles. The molecular formula is C17H31NO5. The largest absolute Gasteiger partial charge is 0.469 e. The molecule has 134 valence electrons. The van der Waals surface area contributed by atoms with Gasteiger partial charge in [0, 0.05) is 19.5 Å². The lowest BCUT2D eigenvalue weighted by atomic mass is 9.86. The molecule has 1 fully saturated rings. The minimum absolute atomic E-state index is 0.0300. The second-order valence-corrected chi connectivity index (χ2v) is 6.09. The first-order valence-corrected chi connectivity index (χ1v) is 8.70. The molecular weight excluding hydrogens is 298 g/mol. The highest BCUT2D eigenvalue weighted by molar-refractivity contribution is 5.77. The van der Waals surface area contributed by atoms with Crippen molar-refractivity contribution in [3.05, 3.63) is 0 Å². The molecule has 23 heavy (non-hydrogen) atoms. The summed E-state index contributed by atoms with van der Waals surface area (Å²) in [6.45, 7) is 1.41. The Hall–Kier alpha value is -1.14. The van der Waals surface area contributed by atoms with Gasteiger partial charge < -0.3 is 19.5 Å². The van der Waals surface area contributed by atoms with Gasteiger partial charge in [-0.3, -0.25) is 9.59 Å². The third-order valence-corrected chi connectivity index (χ3v) is 4.40. The smallest absolute Gasteiger partial charge is 0.307 e. The Labute approximate surface area is 139 Å². The Morgan fingerprint density at radius 1 is 1.09 bits per heavy atom. The van der Waals surface area contributed by atoms with Crippen molar-refractivity contribution in [1.29, 1.82) is 0 Å². The highest BCUT2D eigenvalue weighted by Gasteiger charge is 2.19. The van der Waals surface area contributed by atoms with Gasteiger partial charge in [0.15, 0.2) is 0 Å². The number of carbonyl (C=O) groups is 2. The molecule has 1 saturated carbocycles. The zero-order chi connectivity index (χ0) is 16.9. The van der Waals surface area contributed by atoms with Crippen molar-refractivity contribution in [3.8, 4) is 0 Å². The van der Waals surface area contributed by atoms with E-state index in [2.05, 4.69) is 4.74 Å². The van der Waals surface area contributed by atoms with E-state index in [9.17, 15) is 9.59 Å². The van der Waals surface area contributed by atoms with Gasteiger partial charge in [-0.05, 0) is 12.3 Å². The Morgan fingerprint density at radius 2 is 1.83 bits per heavy atom. The maximum absolute atomic E-state index is 12.4. The van der Waals surface area contributed by atoms with Crippen molar-refractivity contribution < 1.29 is 24.2 Å². The Morgan fingerprint density at radius 3 is 2.48 bits per heavy atom. The standard InChI is InChI=1S/C17H31NO5/c1-22-17(21)9-10-18(11-13-23-14-12-19)16(20)8-7-15-5-3-2-4-6-15/h15,19H,2-14H2,1H3. The van der Waals surface area contributed by atoms with E-state index in [1.165, 1.54) is 39.2 Å². The fourth-order valence-corrected chi connectivity index (χ4v) is 2.99. The Kier molecular flexibility index (Phi) is 10.6. The van der Waals surface area contributed by atoms with E-state index in [1.807, 2.05) is 0 Å². The van der Waals surface area contributed by atoms with Crippen LogP contribution in [0.25, 0.3) is 0 Å². The molecule has 0 aromatic rings. The van der Waals surface area contributed by atoms with Crippen LogP contribution in [0.4, 0.5) is 0 Å². The van der Waals surface area contributed by atoms with Crippen LogP contribution in [-0.4, -0.2) is 61.9 Å². The average molecular weight is 329 g/mol. The number of hydrogen-bond acceptors (Lipinski definition) is 5. The highest BCUT2D eigenvalue weighted by Crippen LogP contribution is 2.27. The lowest BCUT2D eigenvalue weighted by Crippen LogP contribution is -2.36. The zero-order valence-corrected chi connectivity index (χ0v) is 14.3. The minimum atomic E-state index is -0.314. The molecule has 0 atom stereocenters. The molecule has 0 heterocycles. The molecule has 0 radical (unpaired) electrons. The topological polar surface area (TPSA) is 76.1 Å². The first-order chi connectivity index (χ1) is 11.2. The highest BCUT2D eigenvalue weighted by atomic mass is 16.5. The third kappa shape index (κ3) is 8.91. The van der Waals surface area contributed by atoms with E-state index < -0.39 is 0 Å². The Bertz CT molecular complexity index is 342. The number of nitrogens with zero attached hydrogens (tertiary/aromatic N) is 1. The molecule has 1 N–H and O–H groups in total. The minimum Gasteiger partial charge on any atom is -0.469 e. The van der Waals surface area contributed by atoms with Gasteiger partial charge in [-0.25, -0.2) is 0 Å². The molecule has 6 heteroatoms. The lowest BCUT2D eigenvalue weighted by Gasteiger charge is -2.25.